The number of fused-ring (bicyclic) bond motifs is 1. The molecule has 0 saturated carbocycles. The van der Waals surface area contributed by atoms with E-state index in [9.17, 15) is 0 Å². The molecular weight excluding hydrogens is 248 g/mol. The average molecular weight is 261 g/mol. The van der Waals surface area contributed by atoms with E-state index < -0.39 is 0 Å². The predicted molar refractivity (Wildman–Crippen MR) is 70.2 cm³/mol. The normalized spacial score (nSPS) is 13.7. The fourth-order valence-corrected chi connectivity index (χ4v) is 2.27. The molecule has 1 aliphatic rings. The van der Waals surface area contributed by atoms with Crippen LogP contribution in [0, 0.1) is 0 Å². The Morgan fingerprint density at radius 1 is 1.28 bits per heavy atom. The summed E-state index contributed by atoms with van der Waals surface area (Å²) in [5.74, 6) is 0.686. The lowest BCUT2D eigenvalue weighted by atomic mass is 10.1. The molecule has 18 heavy (non-hydrogen) atoms. The third-order valence-electron chi connectivity index (χ3n) is 3.06. The van der Waals surface area contributed by atoms with Crippen molar-refractivity contribution in [3.05, 3.63) is 40.3 Å². The van der Waals surface area contributed by atoms with Gasteiger partial charge >= 0.3 is 0 Å². The zero-order valence-electron chi connectivity index (χ0n) is 10.1. The minimum absolute atomic E-state index is 0.622. The number of hydrogen-bond acceptors (Lipinski definition) is 4. The Balaban J connectivity index is 2.10. The van der Waals surface area contributed by atoms with Gasteiger partial charge in [0.25, 0.3) is 0 Å². The summed E-state index contributed by atoms with van der Waals surface area (Å²) in [4.78, 5) is 13.5. The van der Waals surface area contributed by atoms with Gasteiger partial charge in [-0.1, -0.05) is 18.5 Å². The quantitative estimate of drug-likeness (QED) is 0.901. The molecule has 0 amide bonds. The monoisotopic (exact) mass is 260 g/mol. The Kier molecular flexibility index (Phi) is 2.97. The Morgan fingerprint density at radius 3 is 2.89 bits per heavy atom. The van der Waals surface area contributed by atoms with Crippen LogP contribution in [-0.4, -0.2) is 15.0 Å². The lowest BCUT2D eigenvalue weighted by Crippen LogP contribution is -2.03. The highest BCUT2D eigenvalue weighted by atomic mass is 35.5. The average Bonchev–Trinajstić information content (AvgIpc) is 2.86. The van der Waals surface area contributed by atoms with Gasteiger partial charge in [0.05, 0.1) is 10.7 Å². The molecule has 3 rings (SSSR count). The fourth-order valence-electron chi connectivity index (χ4n) is 2.15. The van der Waals surface area contributed by atoms with Gasteiger partial charge in [-0.25, -0.2) is 9.97 Å². The maximum absolute atomic E-state index is 5.84. The molecule has 0 radical (unpaired) electrons. The zero-order valence-corrected chi connectivity index (χ0v) is 10.8. The number of rotatable bonds is 2. The summed E-state index contributed by atoms with van der Waals surface area (Å²) >= 11 is 5.84. The second kappa shape index (κ2) is 4.63. The molecule has 0 atom stereocenters. The van der Waals surface area contributed by atoms with E-state index in [4.69, 9.17) is 11.6 Å². The Bertz CT molecular complexity index is 580. The van der Waals surface area contributed by atoms with Crippen LogP contribution in [0.25, 0.3) is 11.5 Å². The molecule has 4 nitrogen and oxygen atoms in total. The van der Waals surface area contributed by atoms with E-state index in [0.29, 0.717) is 10.8 Å². The van der Waals surface area contributed by atoms with E-state index in [-0.39, 0.29) is 0 Å². The molecule has 1 aliphatic heterocycles. The van der Waals surface area contributed by atoms with Crippen LogP contribution in [-0.2, 0) is 19.5 Å². The van der Waals surface area contributed by atoms with Crippen molar-refractivity contribution >= 4 is 11.6 Å². The molecule has 3 heterocycles. The molecule has 1 N–H and O–H groups in total. The van der Waals surface area contributed by atoms with Gasteiger partial charge in [-0.2, -0.15) is 0 Å². The van der Waals surface area contributed by atoms with Gasteiger partial charge in [0.15, 0.2) is 5.82 Å². The summed E-state index contributed by atoms with van der Waals surface area (Å²) in [5.41, 5.74) is 4.21. The molecule has 0 spiro atoms. The van der Waals surface area contributed by atoms with Crippen molar-refractivity contribution in [2.45, 2.75) is 26.4 Å². The fraction of sp³-hybridized carbons (Fsp3) is 0.308. The van der Waals surface area contributed by atoms with Crippen LogP contribution in [0.3, 0.4) is 0 Å². The first-order chi connectivity index (χ1) is 8.78. The topological polar surface area (TPSA) is 50.7 Å². The largest absolute Gasteiger partial charge is 0.307 e. The third kappa shape index (κ3) is 1.98. The van der Waals surface area contributed by atoms with Crippen LogP contribution in [0.2, 0.25) is 5.02 Å². The van der Waals surface area contributed by atoms with Gasteiger partial charge in [0.1, 0.15) is 5.69 Å². The van der Waals surface area contributed by atoms with Crippen LogP contribution in [0.4, 0.5) is 0 Å². The highest BCUT2D eigenvalue weighted by Gasteiger charge is 2.18. The summed E-state index contributed by atoms with van der Waals surface area (Å²) in [6.45, 7) is 3.79. The summed E-state index contributed by atoms with van der Waals surface area (Å²) in [7, 11) is 0. The first-order valence-corrected chi connectivity index (χ1v) is 6.37. The number of halogens is 1. The van der Waals surface area contributed by atoms with Crippen LogP contribution in [0.1, 0.15) is 23.9 Å². The minimum atomic E-state index is 0.622. The van der Waals surface area contributed by atoms with Gasteiger partial charge in [-0.3, -0.25) is 4.98 Å². The molecule has 92 valence electrons. The molecule has 0 aliphatic carbocycles. The second-order valence-electron chi connectivity index (χ2n) is 4.24. The number of hydrogen-bond donors (Lipinski definition) is 1. The summed E-state index contributed by atoms with van der Waals surface area (Å²) in [6.07, 6.45) is 2.53. The first kappa shape index (κ1) is 11.6. The highest BCUT2D eigenvalue weighted by molar-refractivity contribution is 6.30. The van der Waals surface area contributed by atoms with Crippen LogP contribution >= 0.6 is 11.6 Å². The van der Waals surface area contributed by atoms with Crippen molar-refractivity contribution in [2.24, 2.45) is 0 Å². The maximum Gasteiger partial charge on any atom is 0.178 e. The highest BCUT2D eigenvalue weighted by Crippen LogP contribution is 2.22. The van der Waals surface area contributed by atoms with Gasteiger partial charge in [-0.15, -0.1) is 0 Å². The number of aromatic nitrogens is 3. The lowest BCUT2D eigenvalue weighted by Gasteiger charge is -2.07. The summed E-state index contributed by atoms with van der Waals surface area (Å²) in [5, 5.41) is 3.93. The molecule has 0 bridgehead atoms. The Morgan fingerprint density at radius 2 is 2.17 bits per heavy atom. The van der Waals surface area contributed by atoms with E-state index in [1.54, 1.807) is 6.20 Å². The minimum Gasteiger partial charge on any atom is -0.307 e. The first-order valence-electron chi connectivity index (χ1n) is 5.99. The van der Waals surface area contributed by atoms with Gasteiger partial charge in [0.2, 0.25) is 0 Å². The standard InChI is InChI=1S/C13H13ClN4/c1-2-10-9-6-15-7-12(9)18-13(17-10)11-4-3-8(14)5-16-11/h3-5,15H,2,6-7H2,1H3. The summed E-state index contributed by atoms with van der Waals surface area (Å²) < 4.78 is 0. The smallest absolute Gasteiger partial charge is 0.178 e. The molecule has 0 fully saturated rings. The van der Waals surface area contributed by atoms with Crippen LogP contribution < -0.4 is 5.32 Å². The van der Waals surface area contributed by atoms with Crippen LogP contribution in [0.5, 0.6) is 0 Å². The molecule has 0 aromatic carbocycles. The predicted octanol–water partition coefficient (Wildman–Crippen LogP) is 2.36. The van der Waals surface area contributed by atoms with Crippen molar-refractivity contribution in [3.8, 4) is 11.5 Å². The molecule has 2 aromatic heterocycles. The Hall–Kier alpha value is -1.52. The van der Waals surface area contributed by atoms with E-state index in [0.717, 1.165) is 36.6 Å². The van der Waals surface area contributed by atoms with Crippen LogP contribution in [0.15, 0.2) is 18.3 Å². The lowest BCUT2D eigenvalue weighted by molar-refractivity contribution is 0.755. The van der Waals surface area contributed by atoms with Gasteiger partial charge < -0.3 is 5.32 Å². The number of pyridine rings is 1. The Labute approximate surface area is 110 Å². The van der Waals surface area contributed by atoms with E-state index in [1.807, 2.05) is 12.1 Å². The van der Waals surface area contributed by atoms with Gasteiger partial charge in [-0.05, 0) is 18.6 Å². The second-order valence-corrected chi connectivity index (χ2v) is 4.67. The van der Waals surface area contributed by atoms with E-state index in [1.165, 1.54) is 5.56 Å². The molecule has 0 unspecified atom stereocenters. The van der Waals surface area contributed by atoms with Crippen molar-refractivity contribution in [1.82, 2.24) is 20.3 Å². The number of aryl methyl sites for hydroxylation is 1. The molecule has 5 heteroatoms. The van der Waals surface area contributed by atoms with Crippen molar-refractivity contribution in [3.63, 3.8) is 0 Å². The van der Waals surface area contributed by atoms with E-state index >= 15 is 0 Å². The summed E-state index contributed by atoms with van der Waals surface area (Å²) in [6, 6.07) is 3.66. The number of nitrogens with zero attached hydrogens (tertiary/aromatic N) is 3. The van der Waals surface area contributed by atoms with Gasteiger partial charge in [0, 0.05) is 30.5 Å². The molecule has 2 aromatic rings. The van der Waals surface area contributed by atoms with E-state index in [2.05, 4.69) is 27.2 Å². The van der Waals surface area contributed by atoms with Crippen molar-refractivity contribution in [1.29, 1.82) is 0 Å². The number of nitrogens with one attached hydrogen (secondary N) is 1. The molecule has 0 saturated heterocycles. The zero-order chi connectivity index (χ0) is 12.5. The SMILES string of the molecule is CCc1nc(-c2ccc(Cl)cn2)nc2c1CNC2. The molecular formula is C13H13ClN4. The van der Waals surface area contributed by atoms with Crippen molar-refractivity contribution < 1.29 is 0 Å². The van der Waals surface area contributed by atoms with Crippen molar-refractivity contribution in [2.75, 3.05) is 0 Å². The maximum atomic E-state index is 5.84. The third-order valence-corrected chi connectivity index (χ3v) is 3.29.